The van der Waals surface area contributed by atoms with Gasteiger partial charge in [-0.15, -0.1) is 0 Å². The molecule has 0 aromatic rings. The van der Waals surface area contributed by atoms with E-state index in [0.717, 1.165) is 19.6 Å². The van der Waals surface area contributed by atoms with Crippen molar-refractivity contribution in [3.05, 3.63) is 0 Å². The van der Waals surface area contributed by atoms with Gasteiger partial charge in [0.2, 0.25) is 0 Å². The minimum atomic E-state index is -4.06. The van der Waals surface area contributed by atoms with Crippen molar-refractivity contribution in [3.63, 3.8) is 0 Å². The highest BCUT2D eigenvalue weighted by atomic mass is 19.4. The number of piperazine rings is 1. The van der Waals surface area contributed by atoms with Crippen LogP contribution in [0, 0.1) is 0 Å². The van der Waals surface area contributed by atoms with Crippen molar-refractivity contribution in [2.75, 3.05) is 32.7 Å². The topological polar surface area (TPSA) is 32.5 Å². The molecule has 2 rings (SSSR count). The van der Waals surface area contributed by atoms with Gasteiger partial charge in [0.1, 0.15) is 0 Å². The standard InChI is InChI=1S/C14H26F3N3/c1-13(11-18,5-3-6-14(15,16)17)20-9-8-19-7-2-4-12(19)10-20/h12H,2-11,18H2,1H3. The monoisotopic (exact) mass is 293 g/mol. The summed E-state index contributed by atoms with van der Waals surface area (Å²) in [6, 6.07) is 0.581. The third-order valence-electron chi connectivity index (χ3n) is 4.97. The fourth-order valence-electron chi connectivity index (χ4n) is 3.54. The maximum absolute atomic E-state index is 12.3. The van der Waals surface area contributed by atoms with Gasteiger partial charge in [0, 0.05) is 44.2 Å². The number of hydrogen-bond acceptors (Lipinski definition) is 3. The van der Waals surface area contributed by atoms with Crippen LogP contribution in [0.5, 0.6) is 0 Å². The number of nitrogens with two attached hydrogens (primary N) is 1. The first-order valence-corrected chi connectivity index (χ1v) is 7.60. The SMILES string of the molecule is CC(CN)(CCCC(F)(F)F)N1CCN2CCCC2C1. The van der Waals surface area contributed by atoms with Crippen LogP contribution in [-0.4, -0.2) is 60.3 Å². The van der Waals surface area contributed by atoms with Gasteiger partial charge < -0.3 is 5.73 Å². The Bertz CT molecular complexity index is 321. The first kappa shape index (κ1) is 16.0. The predicted octanol–water partition coefficient (Wildman–Crippen LogP) is 2.22. The molecule has 0 aromatic carbocycles. The van der Waals surface area contributed by atoms with E-state index in [1.165, 1.54) is 19.4 Å². The molecule has 2 aliphatic heterocycles. The molecule has 0 aliphatic carbocycles. The molecule has 0 radical (unpaired) electrons. The van der Waals surface area contributed by atoms with Gasteiger partial charge in [-0.1, -0.05) is 0 Å². The largest absolute Gasteiger partial charge is 0.389 e. The van der Waals surface area contributed by atoms with E-state index >= 15 is 0 Å². The van der Waals surface area contributed by atoms with Crippen LogP contribution < -0.4 is 5.73 Å². The first-order chi connectivity index (χ1) is 9.34. The van der Waals surface area contributed by atoms with Gasteiger partial charge >= 0.3 is 6.18 Å². The van der Waals surface area contributed by atoms with E-state index in [1.807, 2.05) is 6.92 Å². The zero-order valence-electron chi connectivity index (χ0n) is 12.3. The highest BCUT2D eigenvalue weighted by Crippen LogP contribution is 2.30. The van der Waals surface area contributed by atoms with E-state index in [4.69, 9.17) is 5.73 Å². The highest BCUT2D eigenvalue weighted by molar-refractivity contribution is 4.95. The van der Waals surface area contributed by atoms with Crippen LogP contribution in [-0.2, 0) is 0 Å². The Kier molecular flexibility index (Phi) is 4.97. The summed E-state index contributed by atoms with van der Waals surface area (Å²) in [7, 11) is 0. The van der Waals surface area contributed by atoms with Crippen LogP contribution in [0.15, 0.2) is 0 Å². The molecule has 0 saturated carbocycles. The zero-order valence-corrected chi connectivity index (χ0v) is 12.3. The molecule has 2 unspecified atom stereocenters. The molecule has 0 bridgehead atoms. The summed E-state index contributed by atoms with van der Waals surface area (Å²) in [5.74, 6) is 0. The van der Waals surface area contributed by atoms with Crippen molar-refractivity contribution < 1.29 is 13.2 Å². The first-order valence-electron chi connectivity index (χ1n) is 7.60. The average Bonchev–Trinajstić information content (AvgIpc) is 2.84. The van der Waals surface area contributed by atoms with Crippen LogP contribution in [0.2, 0.25) is 0 Å². The molecule has 118 valence electrons. The van der Waals surface area contributed by atoms with Gasteiger partial charge in [-0.25, -0.2) is 0 Å². The van der Waals surface area contributed by atoms with Crippen molar-refractivity contribution in [3.8, 4) is 0 Å². The van der Waals surface area contributed by atoms with Crippen molar-refractivity contribution >= 4 is 0 Å². The van der Waals surface area contributed by atoms with Crippen LogP contribution >= 0.6 is 0 Å². The molecule has 20 heavy (non-hydrogen) atoms. The molecule has 2 atom stereocenters. The number of rotatable bonds is 5. The van der Waals surface area contributed by atoms with E-state index < -0.39 is 12.6 Å². The van der Waals surface area contributed by atoms with E-state index in [1.54, 1.807) is 0 Å². The minimum Gasteiger partial charge on any atom is -0.329 e. The van der Waals surface area contributed by atoms with Gasteiger partial charge in [-0.05, 0) is 39.2 Å². The Labute approximate surface area is 119 Å². The van der Waals surface area contributed by atoms with Crippen molar-refractivity contribution in [1.29, 1.82) is 0 Å². The molecular weight excluding hydrogens is 267 g/mol. The summed E-state index contributed by atoms with van der Waals surface area (Å²) in [6.45, 7) is 6.53. The van der Waals surface area contributed by atoms with Gasteiger partial charge in [0.15, 0.2) is 0 Å². The Hall–Kier alpha value is -0.330. The van der Waals surface area contributed by atoms with Crippen LogP contribution in [0.4, 0.5) is 13.2 Å². The summed E-state index contributed by atoms with van der Waals surface area (Å²) in [4.78, 5) is 4.83. The maximum atomic E-state index is 12.3. The van der Waals surface area contributed by atoms with Crippen LogP contribution in [0.3, 0.4) is 0 Å². The van der Waals surface area contributed by atoms with Crippen molar-refractivity contribution in [2.45, 2.75) is 56.8 Å². The molecule has 2 N–H and O–H groups in total. The molecule has 0 amide bonds. The van der Waals surface area contributed by atoms with E-state index in [2.05, 4.69) is 9.80 Å². The number of nitrogens with zero attached hydrogens (tertiary/aromatic N) is 2. The lowest BCUT2D eigenvalue weighted by molar-refractivity contribution is -0.137. The van der Waals surface area contributed by atoms with E-state index in [0.29, 0.717) is 19.0 Å². The predicted molar refractivity (Wildman–Crippen MR) is 73.5 cm³/mol. The lowest BCUT2D eigenvalue weighted by Crippen LogP contribution is -2.60. The summed E-state index contributed by atoms with van der Waals surface area (Å²) in [5.41, 5.74) is 5.60. The van der Waals surface area contributed by atoms with Crippen molar-refractivity contribution in [2.24, 2.45) is 5.73 Å². The second-order valence-corrected chi connectivity index (χ2v) is 6.45. The van der Waals surface area contributed by atoms with Crippen molar-refractivity contribution in [1.82, 2.24) is 9.80 Å². The van der Waals surface area contributed by atoms with E-state index in [9.17, 15) is 13.2 Å². The molecule has 3 nitrogen and oxygen atoms in total. The quantitative estimate of drug-likeness (QED) is 0.843. The lowest BCUT2D eigenvalue weighted by Gasteiger charge is -2.47. The highest BCUT2D eigenvalue weighted by Gasteiger charge is 2.39. The lowest BCUT2D eigenvalue weighted by atomic mass is 9.91. The van der Waals surface area contributed by atoms with Gasteiger partial charge in [0.05, 0.1) is 0 Å². The Balaban J connectivity index is 1.89. The second kappa shape index (κ2) is 6.20. The fraction of sp³-hybridized carbons (Fsp3) is 1.00. The summed E-state index contributed by atoms with van der Waals surface area (Å²) in [6.07, 6.45) is -1.62. The van der Waals surface area contributed by atoms with E-state index in [-0.39, 0.29) is 12.0 Å². The molecule has 2 aliphatic rings. The minimum absolute atomic E-state index is 0.169. The number of alkyl halides is 3. The Morgan fingerprint density at radius 1 is 1.15 bits per heavy atom. The molecule has 0 spiro atoms. The number of hydrogen-bond donors (Lipinski definition) is 1. The van der Waals surface area contributed by atoms with Crippen LogP contribution in [0.1, 0.15) is 39.0 Å². The molecule has 2 fully saturated rings. The number of halogens is 3. The molecule has 2 saturated heterocycles. The van der Waals surface area contributed by atoms with Gasteiger partial charge in [-0.2, -0.15) is 13.2 Å². The Morgan fingerprint density at radius 2 is 1.90 bits per heavy atom. The Morgan fingerprint density at radius 3 is 2.55 bits per heavy atom. The third-order valence-corrected chi connectivity index (χ3v) is 4.97. The smallest absolute Gasteiger partial charge is 0.329 e. The van der Waals surface area contributed by atoms with Gasteiger partial charge in [0.25, 0.3) is 0 Å². The van der Waals surface area contributed by atoms with Gasteiger partial charge in [-0.3, -0.25) is 9.80 Å². The molecule has 6 heteroatoms. The number of fused-ring (bicyclic) bond motifs is 1. The average molecular weight is 293 g/mol. The summed E-state index contributed by atoms with van der Waals surface area (Å²) < 4.78 is 36.9. The normalized spacial score (nSPS) is 28.4. The summed E-state index contributed by atoms with van der Waals surface area (Å²) >= 11 is 0. The fourth-order valence-corrected chi connectivity index (χ4v) is 3.54. The van der Waals surface area contributed by atoms with Crippen LogP contribution in [0.25, 0.3) is 0 Å². The zero-order chi connectivity index (χ0) is 14.8. The third kappa shape index (κ3) is 3.86. The maximum Gasteiger partial charge on any atom is 0.389 e. The molecular formula is C14H26F3N3. The summed E-state index contributed by atoms with van der Waals surface area (Å²) in [5, 5.41) is 0. The molecule has 0 aromatic heterocycles. The second-order valence-electron chi connectivity index (χ2n) is 6.45. The molecule has 2 heterocycles.